The molecule has 1 aromatic rings. The van der Waals surface area contributed by atoms with E-state index in [4.69, 9.17) is 9.47 Å². The number of ether oxygens (including phenoxy) is 2. The maximum absolute atomic E-state index is 12.0. The van der Waals surface area contributed by atoms with E-state index in [1.54, 1.807) is 26.3 Å². The molecule has 1 aromatic heterocycles. The quantitative estimate of drug-likeness (QED) is 0.680. The van der Waals surface area contributed by atoms with Crippen LogP contribution in [0.3, 0.4) is 0 Å². The van der Waals surface area contributed by atoms with E-state index >= 15 is 0 Å². The average molecular weight is 295 g/mol. The number of methoxy groups -OCH3 is 1. The summed E-state index contributed by atoms with van der Waals surface area (Å²) < 4.78 is 10.6. The van der Waals surface area contributed by atoms with Crippen molar-refractivity contribution in [3.63, 3.8) is 0 Å². The number of nitrogens with zero attached hydrogens (tertiary/aromatic N) is 1. The summed E-state index contributed by atoms with van der Waals surface area (Å²) in [4.78, 5) is 16.2. The fraction of sp³-hybridized carbons (Fsp3) is 0.600. The molecule has 1 unspecified atom stereocenters. The van der Waals surface area contributed by atoms with Crippen LogP contribution in [0.5, 0.6) is 5.88 Å². The zero-order valence-corrected chi connectivity index (χ0v) is 13.2. The zero-order valence-electron chi connectivity index (χ0n) is 13.2. The van der Waals surface area contributed by atoms with Crippen LogP contribution in [0.15, 0.2) is 18.3 Å². The summed E-state index contributed by atoms with van der Waals surface area (Å²) >= 11 is 0. The lowest BCUT2D eigenvalue weighted by atomic mass is 10.2. The van der Waals surface area contributed by atoms with Crippen molar-refractivity contribution in [1.82, 2.24) is 10.3 Å². The average Bonchev–Trinajstić information content (AvgIpc) is 2.45. The molecule has 0 spiro atoms. The highest BCUT2D eigenvalue weighted by Crippen LogP contribution is 2.22. The summed E-state index contributed by atoms with van der Waals surface area (Å²) in [6.07, 6.45) is 2.49. The molecule has 118 valence electrons. The van der Waals surface area contributed by atoms with Gasteiger partial charge in [-0.3, -0.25) is 4.79 Å². The van der Waals surface area contributed by atoms with Crippen LogP contribution in [0, 0.1) is 0 Å². The molecule has 1 heterocycles. The van der Waals surface area contributed by atoms with Crippen LogP contribution in [0.25, 0.3) is 0 Å². The summed E-state index contributed by atoms with van der Waals surface area (Å²) in [6, 6.07) is 3.28. The third-order valence-electron chi connectivity index (χ3n) is 2.71. The van der Waals surface area contributed by atoms with Gasteiger partial charge in [-0.05, 0) is 39.3 Å². The lowest BCUT2D eigenvalue weighted by Gasteiger charge is -2.18. The van der Waals surface area contributed by atoms with Crippen molar-refractivity contribution in [3.8, 4) is 5.88 Å². The Morgan fingerprint density at radius 1 is 1.38 bits per heavy atom. The molecule has 6 heteroatoms. The third-order valence-corrected chi connectivity index (χ3v) is 2.71. The van der Waals surface area contributed by atoms with Gasteiger partial charge in [0.2, 0.25) is 11.8 Å². The Balaban J connectivity index is 2.53. The largest absolute Gasteiger partial charge is 0.473 e. The number of amides is 1. The van der Waals surface area contributed by atoms with Gasteiger partial charge in [-0.1, -0.05) is 0 Å². The molecule has 21 heavy (non-hydrogen) atoms. The molecule has 0 aliphatic heterocycles. The number of hydrogen-bond donors (Lipinski definition) is 2. The highest BCUT2D eigenvalue weighted by atomic mass is 16.5. The van der Waals surface area contributed by atoms with E-state index in [1.807, 2.05) is 19.9 Å². The molecule has 0 aliphatic carbocycles. The van der Waals surface area contributed by atoms with Crippen molar-refractivity contribution in [2.24, 2.45) is 0 Å². The van der Waals surface area contributed by atoms with E-state index in [-0.39, 0.29) is 18.1 Å². The molecule has 1 rings (SSSR count). The maximum atomic E-state index is 12.0. The Kier molecular flexibility index (Phi) is 7.53. The summed E-state index contributed by atoms with van der Waals surface area (Å²) in [5.74, 6) is 0.442. The molecular weight excluding hydrogens is 270 g/mol. The van der Waals surface area contributed by atoms with Crippen molar-refractivity contribution in [2.45, 2.75) is 39.3 Å². The Morgan fingerprint density at radius 3 is 2.81 bits per heavy atom. The Bertz CT molecular complexity index is 438. The molecule has 0 saturated carbocycles. The molecule has 0 saturated heterocycles. The molecule has 6 nitrogen and oxygen atoms in total. The Hall–Kier alpha value is -1.82. The van der Waals surface area contributed by atoms with Crippen LogP contribution in [-0.4, -0.2) is 43.3 Å². The molecule has 0 aliphatic rings. The van der Waals surface area contributed by atoms with Gasteiger partial charge in [-0.25, -0.2) is 4.98 Å². The number of pyridine rings is 1. The van der Waals surface area contributed by atoms with E-state index in [9.17, 15) is 4.79 Å². The minimum absolute atomic E-state index is 0.0265. The summed E-state index contributed by atoms with van der Waals surface area (Å²) in [5, 5.41) is 5.98. The van der Waals surface area contributed by atoms with Crippen molar-refractivity contribution >= 4 is 11.6 Å². The van der Waals surface area contributed by atoms with Gasteiger partial charge >= 0.3 is 0 Å². The minimum atomic E-state index is -0.369. The monoisotopic (exact) mass is 295 g/mol. The molecule has 1 amide bonds. The van der Waals surface area contributed by atoms with Crippen molar-refractivity contribution in [3.05, 3.63) is 18.3 Å². The fourth-order valence-corrected chi connectivity index (χ4v) is 1.70. The molecule has 0 fully saturated rings. The predicted molar refractivity (Wildman–Crippen MR) is 82.6 cm³/mol. The lowest BCUT2D eigenvalue weighted by molar-refractivity contribution is -0.121. The fourth-order valence-electron chi connectivity index (χ4n) is 1.70. The van der Waals surface area contributed by atoms with Gasteiger partial charge in [0.1, 0.15) is 6.04 Å². The second-order valence-corrected chi connectivity index (χ2v) is 5.03. The van der Waals surface area contributed by atoms with Crippen LogP contribution in [0.4, 0.5) is 5.69 Å². The number of aromatic nitrogens is 1. The lowest BCUT2D eigenvalue weighted by Crippen LogP contribution is -2.38. The Morgan fingerprint density at radius 2 is 2.14 bits per heavy atom. The summed E-state index contributed by atoms with van der Waals surface area (Å²) in [6.45, 7) is 6.91. The highest BCUT2D eigenvalue weighted by Gasteiger charge is 2.15. The van der Waals surface area contributed by atoms with Crippen molar-refractivity contribution in [2.75, 3.05) is 25.6 Å². The Labute approximate surface area is 126 Å². The first kappa shape index (κ1) is 17.2. The SMILES string of the molecule is COCCCNC(=O)C(C)Nc1cccnc1OC(C)C. The first-order valence-corrected chi connectivity index (χ1v) is 7.19. The van der Waals surface area contributed by atoms with Crippen LogP contribution in [0.1, 0.15) is 27.2 Å². The second kappa shape index (κ2) is 9.18. The standard InChI is InChI=1S/C15H25N3O3/c1-11(2)21-15-13(7-5-8-17-15)18-12(3)14(19)16-9-6-10-20-4/h5,7-8,11-12,18H,6,9-10H2,1-4H3,(H,16,19). The van der Waals surface area contributed by atoms with E-state index < -0.39 is 0 Å². The molecule has 2 N–H and O–H groups in total. The zero-order chi connectivity index (χ0) is 15.7. The van der Waals surface area contributed by atoms with Gasteiger partial charge in [-0.15, -0.1) is 0 Å². The van der Waals surface area contributed by atoms with Gasteiger partial charge in [0.05, 0.1) is 11.8 Å². The van der Waals surface area contributed by atoms with E-state index in [0.717, 1.165) is 6.42 Å². The van der Waals surface area contributed by atoms with E-state index in [0.29, 0.717) is 24.7 Å². The number of hydrogen-bond acceptors (Lipinski definition) is 5. The first-order chi connectivity index (χ1) is 10.0. The van der Waals surface area contributed by atoms with Gasteiger partial charge in [0.15, 0.2) is 0 Å². The number of carbonyl (C=O) groups excluding carboxylic acids is 1. The molecule has 1 atom stereocenters. The number of carbonyl (C=O) groups is 1. The maximum Gasteiger partial charge on any atom is 0.242 e. The molecule has 0 aromatic carbocycles. The predicted octanol–water partition coefficient (Wildman–Crippen LogP) is 1.82. The van der Waals surface area contributed by atoms with Crippen molar-refractivity contribution in [1.29, 1.82) is 0 Å². The molecule has 0 radical (unpaired) electrons. The third kappa shape index (κ3) is 6.44. The molecular formula is C15H25N3O3. The van der Waals surface area contributed by atoms with Gasteiger partial charge in [-0.2, -0.15) is 0 Å². The van der Waals surface area contributed by atoms with Crippen molar-refractivity contribution < 1.29 is 14.3 Å². The van der Waals surface area contributed by atoms with Gasteiger partial charge < -0.3 is 20.1 Å². The van der Waals surface area contributed by atoms with Crippen LogP contribution in [0.2, 0.25) is 0 Å². The first-order valence-electron chi connectivity index (χ1n) is 7.19. The number of rotatable bonds is 9. The number of anilines is 1. The second-order valence-electron chi connectivity index (χ2n) is 5.03. The van der Waals surface area contributed by atoms with Crippen LogP contribution in [-0.2, 0) is 9.53 Å². The van der Waals surface area contributed by atoms with Crippen LogP contribution < -0.4 is 15.4 Å². The smallest absolute Gasteiger partial charge is 0.242 e. The molecule has 0 bridgehead atoms. The van der Waals surface area contributed by atoms with Gasteiger partial charge in [0, 0.05) is 26.5 Å². The summed E-state index contributed by atoms with van der Waals surface area (Å²) in [7, 11) is 1.64. The van der Waals surface area contributed by atoms with Crippen LogP contribution >= 0.6 is 0 Å². The highest BCUT2D eigenvalue weighted by molar-refractivity contribution is 5.84. The van der Waals surface area contributed by atoms with Gasteiger partial charge in [0.25, 0.3) is 0 Å². The van der Waals surface area contributed by atoms with E-state index in [2.05, 4.69) is 15.6 Å². The topological polar surface area (TPSA) is 72.5 Å². The summed E-state index contributed by atoms with van der Waals surface area (Å²) in [5.41, 5.74) is 0.714. The van der Waals surface area contributed by atoms with E-state index in [1.165, 1.54) is 0 Å². The normalized spacial score (nSPS) is 12.0. The minimum Gasteiger partial charge on any atom is -0.473 e. The number of nitrogens with one attached hydrogen (secondary N) is 2.